The van der Waals surface area contributed by atoms with Crippen LogP contribution < -0.4 is 10.1 Å². The summed E-state index contributed by atoms with van der Waals surface area (Å²) in [6.45, 7) is 5.79. The highest BCUT2D eigenvalue weighted by Crippen LogP contribution is 2.30. The maximum absolute atomic E-state index is 14.1. The molecule has 0 unspecified atom stereocenters. The third-order valence-corrected chi connectivity index (χ3v) is 4.25. The molecule has 23 heavy (non-hydrogen) atoms. The molecule has 0 aliphatic heterocycles. The largest absolute Gasteiger partial charge is 0.488 e. The van der Waals surface area contributed by atoms with Crippen LogP contribution in [0.15, 0.2) is 34.8 Å². The molecule has 0 heterocycles. The molecule has 0 saturated carbocycles. The average Bonchev–Trinajstić information content (AvgIpc) is 2.51. The number of carbonyl (C=O) groups excluding carboxylic acids is 1. The fraction of sp³-hybridized carbons (Fsp3) is 0.278. The topological polar surface area (TPSA) is 38.3 Å². The highest BCUT2D eigenvalue weighted by atomic mass is 79.9. The van der Waals surface area contributed by atoms with Gasteiger partial charge in [0.2, 0.25) is 5.91 Å². The van der Waals surface area contributed by atoms with E-state index in [0.29, 0.717) is 23.4 Å². The predicted molar refractivity (Wildman–Crippen MR) is 93.3 cm³/mol. The molecule has 0 fully saturated rings. The molecule has 0 spiro atoms. The third-order valence-electron chi connectivity index (χ3n) is 3.63. The van der Waals surface area contributed by atoms with Gasteiger partial charge in [-0.2, -0.15) is 0 Å². The molecule has 1 amide bonds. The quantitative estimate of drug-likeness (QED) is 0.781. The van der Waals surface area contributed by atoms with Gasteiger partial charge < -0.3 is 10.1 Å². The van der Waals surface area contributed by atoms with Crippen molar-refractivity contribution in [3.63, 3.8) is 0 Å². The average molecular weight is 380 g/mol. The molecule has 0 radical (unpaired) electrons. The Morgan fingerprint density at radius 3 is 2.65 bits per heavy atom. The second-order valence-corrected chi connectivity index (χ2v) is 6.18. The molecule has 5 heteroatoms. The Kier molecular flexibility index (Phi) is 5.77. The van der Waals surface area contributed by atoms with Gasteiger partial charge in [0, 0.05) is 12.0 Å². The van der Waals surface area contributed by atoms with Crippen molar-refractivity contribution in [3.05, 3.63) is 57.3 Å². The van der Waals surface area contributed by atoms with Crippen LogP contribution in [-0.4, -0.2) is 5.91 Å². The molecule has 2 rings (SSSR count). The van der Waals surface area contributed by atoms with Crippen LogP contribution in [0.1, 0.15) is 30.0 Å². The molecule has 2 aromatic carbocycles. The Morgan fingerprint density at radius 2 is 1.96 bits per heavy atom. The van der Waals surface area contributed by atoms with Gasteiger partial charge >= 0.3 is 0 Å². The molecule has 0 aliphatic carbocycles. The maximum Gasteiger partial charge on any atom is 0.224 e. The van der Waals surface area contributed by atoms with E-state index in [9.17, 15) is 9.18 Å². The first kappa shape index (κ1) is 17.5. The summed E-state index contributed by atoms with van der Waals surface area (Å²) in [5, 5.41) is 2.70. The van der Waals surface area contributed by atoms with Gasteiger partial charge in [0.15, 0.2) is 0 Å². The molecule has 2 aromatic rings. The van der Waals surface area contributed by atoms with Crippen molar-refractivity contribution in [2.24, 2.45) is 0 Å². The highest BCUT2D eigenvalue weighted by Gasteiger charge is 2.12. The van der Waals surface area contributed by atoms with Gasteiger partial charge in [-0.15, -0.1) is 0 Å². The summed E-state index contributed by atoms with van der Waals surface area (Å²) in [6.07, 6.45) is 0.333. The number of carbonyl (C=O) groups is 1. The standard InChI is InChI=1S/C18H19BrFNO2/c1-4-18(22)21-16-7-5-6-15(20)13(16)10-23-17-9-12(3)11(2)8-14(17)19/h5-9H,4,10H2,1-3H3,(H,21,22). The van der Waals surface area contributed by atoms with Crippen LogP contribution in [0.5, 0.6) is 5.75 Å². The number of benzene rings is 2. The Balaban J connectivity index is 2.23. The summed E-state index contributed by atoms with van der Waals surface area (Å²) >= 11 is 3.45. The van der Waals surface area contributed by atoms with Crippen LogP contribution in [0.25, 0.3) is 0 Å². The zero-order valence-electron chi connectivity index (χ0n) is 13.4. The van der Waals surface area contributed by atoms with Gasteiger partial charge in [-0.3, -0.25) is 4.79 Å². The number of ether oxygens (including phenoxy) is 1. The van der Waals surface area contributed by atoms with Crippen LogP contribution in [0.2, 0.25) is 0 Å². The zero-order chi connectivity index (χ0) is 17.0. The number of hydrogen-bond donors (Lipinski definition) is 1. The van der Waals surface area contributed by atoms with Gasteiger partial charge in [0.05, 0.1) is 10.2 Å². The van der Waals surface area contributed by atoms with E-state index in [1.165, 1.54) is 6.07 Å². The molecule has 0 bridgehead atoms. The van der Waals surface area contributed by atoms with Gasteiger partial charge in [-0.1, -0.05) is 13.0 Å². The molecule has 122 valence electrons. The Labute approximate surface area is 144 Å². The summed E-state index contributed by atoms with van der Waals surface area (Å²) in [5.41, 5.74) is 3.01. The molecule has 0 saturated heterocycles. The lowest BCUT2D eigenvalue weighted by atomic mass is 10.1. The Bertz CT molecular complexity index is 731. The van der Waals surface area contributed by atoms with Gasteiger partial charge in [0.1, 0.15) is 18.2 Å². The first-order chi connectivity index (χ1) is 10.9. The van der Waals surface area contributed by atoms with E-state index in [1.54, 1.807) is 19.1 Å². The third kappa shape index (κ3) is 4.32. The van der Waals surface area contributed by atoms with E-state index < -0.39 is 5.82 Å². The summed E-state index contributed by atoms with van der Waals surface area (Å²) < 4.78 is 20.7. The lowest BCUT2D eigenvalue weighted by Gasteiger charge is -2.14. The van der Waals surface area contributed by atoms with Crippen molar-refractivity contribution >= 4 is 27.5 Å². The van der Waals surface area contributed by atoms with Crippen molar-refractivity contribution in [1.82, 2.24) is 0 Å². The predicted octanol–water partition coefficient (Wildman–Crippen LogP) is 5.13. The summed E-state index contributed by atoms with van der Waals surface area (Å²) in [6, 6.07) is 8.47. The fourth-order valence-corrected chi connectivity index (χ4v) is 2.65. The summed E-state index contributed by atoms with van der Waals surface area (Å²) in [5.74, 6) is 0.0761. The number of aryl methyl sites for hydroxylation is 2. The molecule has 0 aromatic heterocycles. The number of halogens is 2. The summed E-state index contributed by atoms with van der Waals surface area (Å²) in [7, 11) is 0. The van der Waals surface area contributed by atoms with E-state index in [1.807, 2.05) is 26.0 Å². The van der Waals surface area contributed by atoms with Crippen LogP contribution >= 0.6 is 15.9 Å². The number of amides is 1. The zero-order valence-corrected chi connectivity index (χ0v) is 15.0. The minimum Gasteiger partial charge on any atom is -0.488 e. The highest BCUT2D eigenvalue weighted by molar-refractivity contribution is 9.10. The SMILES string of the molecule is CCC(=O)Nc1cccc(F)c1COc1cc(C)c(C)cc1Br. The number of hydrogen-bond acceptors (Lipinski definition) is 2. The Hall–Kier alpha value is -1.88. The second-order valence-electron chi connectivity index (χ2n) is 5.32. The molecule has 3 nitrogen and oxygen atoms in total. The smallest absolute Gasteiger partial charge is 0.224 e. The van der Waals surface area contributed by atoms with Gasteiger partial charge in [-0.05, 0) is 65.2 Å². The minimum absolute atomic E-state index is 0.0348. The van der Waals surface area contributed by atoms with Crippen LogP contribution in [-0.2, 0) is 11.4 Å². The normalized spacial score (nSPS) is 10.5. The molecular formula is C18H19BrFNO2. The van der Waals surface area contributed by atoms with E-state index >= 15 is 0 Å². The Morgan fingerprint density at radius 1 is 1.26 bits per heavy atom. The van der Waals surface area contributed by atoms with Gasteiger partial charge in [0.25, 0.3) is 0 Å². The van der Waals surface area contributed by atoms with Gasteiger partial charge in [-0.25, -0.2) is 4.39 Å². The molecule has 0 aliphatic rings. The lowest BCUT2D eigenvalue weighted by molar-refractivity contribution is -0.115. The second kappa shape index (κ2) is 7.59. The van der Waals surface area contributed by atoms with Crippen molar-refractivity contribution in [1.29, 1.82) is 0 Å². The van der Waals surface area contributed by atoms with E-state index in [2.05, 4.69) is 21.2 Å². The van der Waals surface area contributed by atoms with Crippen LogP contribution in [0.4, 0.5) is 10.1 Å². The molecule has 1 N–H and O–H groups in total. The lowest BCUT2D eigenvalue weighted by Crippen LogP contribution is -2.13. The number of anilines is 1. The van der Waals surface area contributed by atoms with Crippen LogP contribution in [0, 0.1) is 19.7 Å². The number of rotatable bonds is 5. The molecular weight excluding hydrogens is 361 g/mol. The van der Waals surface area contributed by atoms with Crippen molar-refractivity contribution in [2.45, 2.75) is 33.8 Å². The van der Waals surface area contributed by atoms with E-state index in [4.69, 9.17) is 4.74 Å². The first-order valence-corrected chi connectivity index (χ1v) is 8.18. The van der Waals surface area contributed by atoms with E-state index in [-0.39, 0.29) is 12.5 Å². The fourth-order valence-electron chi connectivity index (χ4n) is 2.08. The van der Waals surface area contributed by atoms with E-state index in [0.717, 1.165) is 15.6 Å². The first-order valence-electron chi connectivity index (χ1n) is 7.39. The van der Waals surface area contributed by atoms with Crippen molar-refractivity contribution in [2.75, 3.05) is 5.32 Å². The van der Waals surface area contributed by atoms with Crippen molar-refractivity contribution in [3.8, 4) is 5.75 Å². The van der Waals surface area contributed by atoms with Crippen LogP contribution in [0.3, 0.4) is 0 Å². The number of nitrogens with one attached hydrogen (secondary N) is 1. The maximum atomic E-state index is 14.1. The monoisotopic (exact) mass is 379 g/mol. The minimum atomic E-state index is -0.404. The molecule has 0 atom stereocenters. The van der Waals surface area contributed by atoms with Crippen molar-refractivity contribution < 1.29 is 13.9 Å². The summed E-state index contributed by atoms with van der Waals surface area (Å²) in [4.78, 5) is 11.6.